The number of rotatable bonds is 11. The van der Waals surface area contributed by atoms with Gasteiger partial charge in [-0.3, -0.25) is 9.13 Å². The van der Waals surface area contributed by atoms with Crippen molar-refractivity contribution in [3.63, 3.8) is 0 Å². The van der Waals surface area contributed by atoms with E-state index in [-0.39, 0.29) is 0 Å². The fraction of sp³-hybridized carbons (Fsp3) is 0. The van der Waals surface area contributed by atoms with Gasteiger partial charge in [-0.15, -0.1) is 0 Å². The highest BCUT2D eigenvalue weighted by Crippen LogP contribution is 2.41. The summed E-state index contributed by atoms with van der Waals surface area (Å²) in [7, 11) is 0. The van der Waals surface area contributed by atoms with Crippen LogP contribution in [0.15, 0.2) is 267 Å². The first-order valence-electron chi connectivity index (χ1n) is 22.9. The number of imidazole rings is 2. The molecular formula is C62H44N6. The average molecular weight is 873 g/mol. The van der Waals surface area contributed by atoms with Crippen LogP contribution in [-0.4, -0.2) is 19.1 Å². The molecule has 0 saturated heterocycles. The second-order valence-corrected chi connectivity index (χ2v) is 16.8. The van der Waals surface area contributed by atoms with E-state index in [1.807, 2.05) is 24.8 Å². The van der Waals surface area contributed by atoms with Crippen molar-refractivity contribution in [2.75, 3.05) is 9.80 Å². The van der Waals surface area contributed by atoms with E-state index in [1.54, 1.807) is 0 Å². The van der Waals surface area contributed by atoms with E-state index < -0.39 is 0 Å². The molecule has 12 rings (SSSR count). The third-order valence-electron chi connectivity index (χ3n) is 12.7. The number of hydrogen-bond donors (Lipinski definition) is 0. The molecule has 6 nitrogen and oxygen atoms in total. The van der Waals surface area contributed by atoms with Crippen molar-refractivity contribution in [3.8, 4) is 45.3 Å². The Morgan fingerprint density at radius 1 is 0.279 bits per heavy atom. The lowest BCUT2D eigenvalue weighted by molar-refractivity contribution is 0.988. The minimum absolute atomic E-state index is 0.760. The third-order valence-corrected chi connectivity index (χ3v) is 12.7. The molecule has 0 aliphatic carbocycles. The van der Waals surface area contributed by atoms with Gasteiger partial charge in [0.05, 0.1) is 11.4 Å². The van der Waals surface area contributed by atoms with Crippen LogP contribution in [-0.2, 0) is 0 Å². The van der Waals surface area contributed by atoms with Gasteiger partial charge < -0.3 is 9.80 Å². The van der Waals surface area contributed by atoms with Crippen molar-refractivity contribution in [2.45, 2.75) is 0 Å². The highest BCUT2D eigenvalue weighted by Gasteiger charge is 2.19. The van der Waals surface area contributed by atoms with E-state index >= 15 is 0 Å². The van der Waals surface area contributed by atoms with Crippen molar-refractivity contribution in [3.05, 3.63) is 267 Å². The summed E-state index contributed by atoms with van der Waals surface area (Å²) < 4.78 is 4.20. The Morgan fingerprint density at radius 3 is 1.00 bits per heavy atom. The zero-order chi connectivity index (χ0) is 45.2. The zero-order valence-electron chi connectivity index (χ0n) is 37.1. The monoisotopic (exact) mass is 872 g/mol. The van der Waals surface area contributed by atoms with Crippen LogP contribution >= 0.6 is 0 Å². The molecule has 2 heterocycles. The van der Waals surface area contributed by atoms with Gasteiger partial charge in [0.25, 0.3) is 0 Å². The van der Waals surface area contributed by atoms with Gasteiger partial charge in [-0.1, -0.05) is 158 Å². The van der Waals surface area contributed by atoms with Gasteiger partial charge in [-0.05, 0) is 118 Å². The zero-order valence-corrected chi connectivity index (χ0v) is 37.1. The molecule has 0 unspecified atom stereocenters. The SMILES string of the molecule is c1ccc(N(c2ccc(-c3ccc(-n4ccnc4-c4nccn4-c4ccc(-c5ccc(N(c6ccccc6)c6cccc7ccccc67)cc5)cc4)cc3)cc2)c2cccc3ccccc23)cc1. The summed E-state index contributed by atoms with van der Waals surface area (Å²) >= 11 is 0. The van der Waals surface area contributed by atoms with E-state index in [2.05, 4.69) is 262 Å². The summed E-state index contributed by atoms with van der Waals surface area (Å²) in [5.74, 6) is 1.52. The van der Waals surface area contributed by atoms with Crippen LogP contribution in [0.5, 0.6) is 0 Å². The molecule has 10 aromatic carbocycles. The first kappa shape index (κ1) is 40.3. The topological polar surface area (TPSA) is 42.1 Å². The lowest BCUT2D eigenvalue weighted by Crippen LogP contribution is -2.10. The molecule has 0 fully saturated rings. The summed E-state index contributed by atoms with van der Waals surface area (Å²) in [4.78, 5) is 14.3. The number of para-hydroxylation sites is 2. The lowest BCUT2D eigenvalue weighted by atomic mass is 10.0. The molecule has 0 aliphatic rings. The molecule has 0 saturated carbocycles. The van der Waals surface area contributed by atoms with Gasteiger partial charge in [0.2, 0.25) is 0 Å². The molecule has 322 valence electrons. The summed E-state index contributed by atoms with van der Waals surface area (Å²) in [6, 6.07) is 86.2. The lowest BCUT2D eigenvalue weighted by Gasteiger charge is -2.27. The molecular weight excluding hydrogens is 829 g/mol. The van der Waals surface area contributed by atoms with Crippen molar-refractivity contribution >= 4 is 55.7 Å². The summed E-state index contributed by atoms with van der Waals surface area (Å²) in [5, 5.41) is 4.84. The number of benzene rings is 10. The molecule has 2 aromatic heterocycles. The van der Waals surface area contributed by atoms with Crippen LogP contribution in [0.25, 0.3) is 66.8 Å². The molecule has 68 heavy (non-hydrogen) atoms. The molecule has 0 atom stereocenters. The Hall–Kier alpha value is -9.26. The quantitative estimate of drug-likeness (QED) is 0.130. The maximum absolute atomic E-state index is 4.82. The Balaban J connectivity index is 0.785. The molecule has 0 radical (unpaired) electrons. The highest BCUT2D eigenvalue weighted by atomic mass is 15.2. The second-order valence-electron chi connectivity index (χ2n) is 16.8. The van der Waals surface area contributed by atoms with Crippen molar-refractivity contribution < 1.29 is 0 Å². The molecule has 12 aromatic rings. The van der Waals surface area contributed by atoms with Crippen LogP contribution in [0.1, 0.15) is 0 Å². The number of fused-ring (bicyclic) bond motifs is 2. The standard InChI is InChI=1S/C62H44N6/c1-3-17-53(18-4-1)67(59-23-11-15-49-13-7-9-21-57(49)59)55-37-29-47(30-38-55)45-25-33-51(34-26-45)65-43-41-63-61(65)62-64-42-44-66(62)52-35-27-46(28-36-52)48-31-39-56(40-32-48)68(54-19-5-2-6-20-54)60-24-12-16-50-14-8-10-22-58(50)60/h1-44H. The van der Waals surface area contributed by atoms with Crippen LogP contribution in [0.2, 0.25) is 0 Å². The molecule has 0 aliphatic heterocycles. The van der Waals surface area contributed by atoms with Crippen LogP contribution in [0.4, 0.5) is 34.1 Å². The predicted molar refractivity (Wildman–Crippen MR) is 281 cm³/mol. The maximum Gasteiger partial charge on any atom is 0.181 e. The summed E-state index contributed by atoms with van der Waals surface area (Å²) in [6.07, 6.45) is 7.66. The Morgan fingerprint density at radius 2 is 0.603 bits per heavy atom. The molecule has 0 spiro atoms. The van der Waals surface area contributed by atoms with Gasteiger partial charge >= 0.3 is 0 Å². The van der Waals surface area contributed by atoms with Crippen LogP contribution < -0.4 is 9.80 Å². The minimum atomic E-state index is 0.760. The van der Waals surface area contributed by atoms with Gasteiger partial charge in [0.15, 0.2) is 11.6 Å². The summed E-state index contributed by atoms with van der Waals surface area (Å²) in [5.41, 5.74) is 13.3. The maximum atomic E-state index is 4.82. The predicted octanol–water partition coefficient (Wildman–Crippen LogP) is 16.3. The highest BCUT2D eigenvalue weighted by molar-refractivity contribution is 6.00. The van der Waals surface area contributed by atoms with Gasteiger partial charge in [0, 0.05) is 69.7 Å². The van der Waals surface area contributed by atoms with E-state index in [9.17, 15) is 0 Å². The van der Waals surface area contributed by atoms with Crippen LogP contribution in [0.3, 0.4) is 0 Å². The van der Waals surface area contributed by atoms with E-state index in [4.69, 9.17) is 9.97 Å². The van der Waals surface area contributed by atoms with Crippen molar-refractivity contribution in [1.29, 1.82) is 0 Å². The first-order valence-corrected chi connectivity index (χ1v) is 22.9. The van der Waals surface area contributed by atoms with Crippen LogP contribution in [0, 0.1) is 0 Å². The van der Waals surface area contributed by atoms with E-state index in [0.717, 1.165) is 79.4 Å². The fourth-order valence-corrected chi connectivity index (χ4v) is 9.40. The number of nitrogens with zero attached hydrogens (tertiary/aromatic N) is 6. The minimum Gasteiger partial charge on any atom is -0.310 e. The Bertz CT molecular complexity index is 3400. The third kappa shape index (κ3) is 7.56. The average Bonchev–Trinajstić information content (AvgIpc) is 4.11. The van der Waals surface area contributed by atoms with Crippen molar-refractivity contribution in [2.24, 2.45) is 0 Å². The smallest absolute Gasteiger partial charge is 0.181 e. The first-order chi connectivity index (χ1) is 33.7. The van der Waals surface area contributed by atoms with Gasteiger partial charge in [-0.25, -0.2) is 9.97 Å². The number of hydrogen-bond acceptors (Lipinski definition) is 4. The number of anilines is 6. The summed E-state index contributed by atoms with van der Waals surface area (Å²) in [6.45, 7) is 0. The van der Waals surface area contributed by atoms with Gasteiger partial charge in [0.1, 0.15) is 0 Å². The Labute approximate surface area is 395 Å². The molecule has 0 amide bonds. The second kappa shape index (κ2) is 17.6. The molecule has 0 N–H and O–H groups in total. The van der Waals surface area contributed by atoms with Crippen molar-refractivity contribution in [1.82, 2.24) is 19.1 Å². The van der Waals surface area contributed by atoms with E-state index in [0.29, 0.717) is 0 Å². The largest absolute Gasteiger partial charge is 0.310 e. The molecule has 6 heteroatoms. The van der Waals surface area contributed by atoms with Gasteiger partial charge in [-0.2, -0.15) is 0 Å². The Kier molecular flexibility index (Phi) is 10.4. The van der Waals surface area contributed by atoms with E-state index in [1.165, 1.54) is 21.5 Å². The normalized spacial score (nSPS) is 11.2. The fourth-order valence-electron chi connectivity index (χ4n) is 9.40. The molecule has 0 bridgehead atoms. The number of aromatic nitrogens is 4.